The molecular formula is C19H32IN7O. The molecule has 2 aliphatic heterocycles. The van der Waals surface area contributed by atoms with Crippen LogP contribution in [0.2, 0.25) is 0 Å². The molecule has 2 fully saturated rings. The normalized spacial score (nSPS) is 19.3. The third kappa shape index (κ3) is 5.76. The van der Waals surface area contributed by atoms with Gasteiger partial charge in [-0.25, -0.2) is 9.97 Å². The van der Waals surface area contributed by atoms with Crippen molar-refractivity contribution >= 4 is 35.8 Å². The van der Waals surface area contributed by atoms with Crippen molar-refractivity contribution in [2.24, 2.45) is 4.99 Å². The third-order valence-electron chi connectivity index (χ3n) is 5.41. The van der Waals surface area contributed by atoms with Gasteiger partial charge in [0.1, 0.15) is 5.82 Å². The summed E-state index contributed by atoms with van der Waals surface area (Å²) in [5.41, 5.74) is 0.951. The highest BCUT2D eigenvalue weighted by molar-refractivity contribution is 14.0. The van der Waals surface area contributed by atoms with Crippen LogP contribution in [0.25, 0.3) is 0 Å². The second-order valence-corrected chi connectivity index (χ2v) is 7.23. The predicted octanol–water partition coefficient (Wildman–Crippen LogP) is 1.11. The molecule has 2 aliphatic rings. The fourth-order valence-corrected chi connectivity index (χ4v) is 3.78. The van der Waals surface area contributed by atoms with Crippen LogP contribution in [0.5, 0.6) is 0 Å². The molecule has 0 aliphatic carbocycles. The van der Waals surface area contributed by atoms with Gasteiger partial charge in [-0.15, -0.1) is 24.0 Å². The molecule has 28 heavy (non-hydrogen) atoms. The summed E-state index contributed by atoms with van der Waals surface area (Å²) in [5, 5.41) is 3.39. The lowest BCUT2D eigenvalue weighted by atomic mass is 10.2. The average Bonchev–Trinajstić information content (AvgIpc) is 3.23. The quantitative estimate of drug-likeness (QED) is 0.379. The first kappa shape index (κ1) is 22.8. The minimum atomic E-state index is -0.0378. The van der Waals surface area contributed by atoms with Gasteiger partial charge in [-0.05, 0) is 32.8 Å². The molecule has 0 aromatic carbocycles. The number of aromatic nitrogens is 2. The van der Waals surface area contributed by atoms with E-state index >= 15 is 0 Å². The summed E-state index contributed by atoms with van der Waals surface area (Å²) >= 11 is 0. The Morgan fingerprint density at radius 2 is 1.86 bits per heavy atom. The lowest BCUT2D eigenvalue weighted by molar-refractivity contribution is -0.135. The zero-order chi connectivity index (χ0) is 19.2. The highest BCUT2D eigenvalue weighted by atomic mass is 127. The molecular weight excluding hydrogens is 469 g/mol. The number of rotatable bonds is 4. The number of guanidine groups is 1. The monoisotopic (exact) mass is 501 g/mol. The molecule has 8 nitrogen and oxygen atoms in total. The summed E-state index contributed by atoms with van der Waals surface area (Å²) < 4.78 is 0. The number of hydrogen-bond acceptors (Lipinski definition) is 5. The van der Waals surface area contributed by atoms with Gasteiger partial charge in [-0.3, -0.25) is 14.7 Å². The molecule has 3 rings (SSSR count). The van der Waals surface area contributed by atoms with E-state index in [0.29, 0.717) is 6.54 Å². The van der Waals surface area contributed by atoms with E-state index in [1.807, 2.05) is 24.8 Å². The van der Waals surface area contributed by atoms with E-state index in [4.69, 9.17) is 0 Å². The van der Waals surface area contributed by atoms with Gasteiger partial charge in [0.2, 0.25) is 5.91 Å². The lowest BCUT2D eigenvalue weighted by Gasteiger charge is -2.39. The van der Waals surface area contributed by atoms with Crippen molar-refractivity contribution in [2.45, 2.75) is 39.3 Å². The minimum absolute atomic E-state index is 0. The third-order valence-corrected chi connectivity index (χ3v) is 5.41. The number of aryl methyl sites for hydroxylation is 1. The van der Waals surface area contributed by atoms with Crippen molar-refractivity contribution in [1.29, 1.82) is 0 Å². The first-order valence-electron chi connectivity index (χ1n) is 9.85. The average molecular weight is 501 g/mol. The molecule has 0 radical (unpaired) electrons. The van der Waals surface area contributed by atoms with Gasteiger partial charge in [0.15, 0.2) is 5.96 Å². The van der Waals surface area contributed by atoms with E-state index in [-0.39, 0.29) is 35.9 Å². The maximum atomic E-state index is 12.6. The van der Waals surface area contributed by atoms with E-state index in [0.717, 1.165) is 69.6 Å². The Kier molecular flexibility index (Phi) is 8.87. The van der Waals surface area contributed by atoms with Crippen LogP contribution in [0.3, 0.4) is 0 Å². The molecule has 9 heteroatoms. The number of piperazine rings is 1. The Hall–Kier alpha value is -1.49. The van der Waals surface area contributed by atoms with E-state index in [9.17, 15) is 4.79 Å². The summed E-state index contributed by atoms with van der Waals surface area (Å²) in [7, 11) is 1.81. The molecule has 156 valence electrons. The Morgan fingerprint density at radius 3 is 2.46 bits per heavy atom. The zero-order valence-corrected chi connectivity index (χ0v) is 19.4. The highest BCUT2D eigenvalue weighted by Crippen LogP contribution is 2.14. The molecule has 3 heterocycles. The molecule has 1 amide bonds. The van der Waals surface area contributed by atoms with Crippen molar-refractivity contribution in [3.05, 3.63) is 23.8 Å². The Bertz CT molecular complexity index is 670. The lowest BCUT2D eigenvalue weighted by Crippen LogP contribution is -2.57. The van der Waals surface area contributed by atoms with Gasteiger partial charge in [0.25, 0.3) is 0 Å². The smallest absolute Gasteiger partial charge is 0.239 e. The fraction of sp³-hybridized carbons (Fsp3) is 0.684. The van der Waals surface area contributed by atoms with Gasteiger partial charge in [0.05, 0.1) is 18.3 Å². The van der Waals surface area contributed by atoms with Crippen molar-refractivity contribution in [3.8, 4) is 0 Å². The number of carbonyl (C=O) groups excluding carboxylic acids is 1. The second-order valence-electron chi connectivity index (χ2n) is 7.23. The van der Waals surface area contributed by atoms with Gasteiger partial charge in [-0.2, -0.15) is 0 Å². The summed E-state index contributed by atoms with van der Waals surface area (Å²) in [5.74, 6) is 1.93. The number of nitrogens with one attached hydrogen (secondary N) is 1. The molecule has 2 saturated heterocycles. The Balaban J connectivity index is 0.00000280. The van der Waals surface area contributed by atoms with E-state index < -0.39 is 0 Å². The van der Waals surface area contributed by atoms with Crippen LogP contribution in [0.15, 0.2) is 17.3 Å². The number of hydrogen-bond donors (Lipinski definition) is 1. The van der Waals surface area contributed by atoms with Crippen LogP contribution in [0, 0.1) is 6.92 Å². The highest BCUT2D eigenvalue weighted by Gasteiger charge is 2.30. The maximum absolute atomic E-state index is 12.6. The van der Waals surface area contributed by atoms with Gasteiger partial charge in [-0.1, -0.05) is 0 Å². The van der Waals surface area contributed by atoms with Crippen LogP contribution in [-0.4, -0.2) is 88.9 Å². The van der Waals surface area contributed by atoms with E-state index in [2.05, 4.69) is 30.1 Å². The van der Waals surface area contributed by atoms with Crippen LogP contribution in [-0.2, 0) is 11.3 Å². The van der Waals surface area contributed by atoms with Crippen molar-refractivity contribution < 1.29 is 4.79 Å². The second kappa shape index (κ2) is 10.9. The maximum Gasteiger partial charge on any atom is 0.239 e. The van der Waals surface area contributed by atoms with Crippen LogP contribution in [0.4, 0.5) is 0 Å². The Labute approximate surface area is 184 Å². The predicted molar refractivity (Wildman–Crippen MR) is 121 cm³/mol. The number of aliphatic imine (C=N–C) groups is 1. The molecule has 1 aromatic heterocycles. The SMILES string of the molecule is CN=C(NCc1ccnc(C)n1)N1CCN(C(C)C(=O)N2CCCC2)CC1.I. The number of nitrogens with zero attached hydrogens (tertiary/aromatic N) is 6. The first-order chi connectivity index (χ1) is 13.1. The van der Waals surface area contributed by atoms with Crippen LogP contribution in [0.1, 0.15) is 31.3 Å². The van der Waals surface area contributed by atoms with Gasteiger partial charge in [0, 0.05) is 52.5 Å². The van der Waals surface area contributed by atoms with E-state index in [1.54, 1.807) is 13.2 Å². The van der Waals surface area contributed by atoms with Crippen LogP contribution >= 0.6 is 24.0 Å². The summed E-state index contributed by atoms with van der Waals surface area (Å²) in [6.07, 6.45) is 4.06. The zero-order valence-electron chi connectivity index (χ0n) is 17.1. The summed E-state index contributed by atoms with van der Waals surface area (Å²) in [4.78, 5) is 32.1. The number of amides is 1. The summed E-state index contributed by atoms with van der Waals surface area (Å²) in [6.45, 7) is 9.86. The molecule has 0 saturated carbocycles. The summed E-state index contributed by atoms with van der Waals surface area (Å²) in [6, 6.07) is 1.88. The molecule has 1 atom stereocenters. The number of likely N-dealkylation sites (tertiary alicyclic amines) is 1. The Morgan fingerprint density at radius 1 is 1.18 bits per heavy atom. The van der Waals surface area contributed by atoms with Crippen molar-refractivity contribution in [3.63, 3.8) is 0 Å². The topological polar surface area (TPSA) is 77.0 Å². The first-order valence-corrected chi connectivity index (χ1v) is 9.85. The fourth-order valence-electron chi connectivity index (χ4n) is 3.78. The molecule has 0 bridgehead atoms. The minimum Gasteiger partial charge on any atom is -0.351 e. The van der Waals surface area contributed by atoms with Crippen molar-refractivity contribution in [1.82, 2.24) is 30.0 Å². The largest absolute Gasteiger partial charge is 0.351 e. The number of carbonyl (C=O) groups is 1. The standard InChI is InChI=1S/C19H31N7O.HI/c1-15(18(27)25-8-4-5-9-25)24-10-12-26(13-11-24)19(20-3)22-14-17-6-7-21-16(2)23-17;/h6-7,15H,4-5,8-14H2,1-3H3,(H,20,22);1H. The molecule has 1 aromatic rings. The number of halogens is 1. The molecule has 0 spiro atoms. The van der Waals surface area contributed by atoms with Gasteiger partial charge >= 0.3 is 0 Å². The van der Waals surface area contributed by atoms with Crippen LogP contribution < -0.4 is 5.32 Å². The van der Waals surface area contributed by atoms with E-state index in [1.165, 1.54) is 0 Å². The molecule has 1 N–H and O–H groups in total. The molecule has 1 unspecified atom stereocenters. The van der Waals surface area contributed by atoms with Gasteiger partial charge < -0.3 is 15.1 Å². The van der Waals surface area contributed by atoms with Crippen molar-refractivity contribution in [2.75, 3.05) is 46.3 Å².